The molecule has 35 heavy (non-hydrogen) atoms. The first-order valence-electron chi connectivity index (χ1n) is 10.3. The van der Waals surface area contributed by atoms with Crippen molar-refractivity contribution in [1.82, 2.24) is 9.78 Å². The number of phenols is 1. The van der Waals surface area contributed by atoms with Crippen LogP contribution in [0, 0.1) is 0 Å². The molecule has 4 rings (SSSR count). The standard InChI is InChI=1S/C25H19ClF3N3O3/c1-32-22(19-11-10-18(12-20(19)33)35-13-14-2-8-17(26)9-3-14)21(23(31-32)25(27,28)29)15-4-6-16(7-5-15)24(30)34/h2-12,33H,13H2,1H3,(H2,30,34). The highest BCUT2D eigenvalue weighted by Gasteiger charge is 2.40. The van der Waals surface area contributed by atoms with Crippen LogP contribution in [0.5, 0.6) is 11.5 Å². The molecule has 180 valence electrons. The molecular weight excluding hydrogens is 483 g/mol. The molecule has 0 aliphatic heterocycles. The van der Waals surface area contributed by atoms with Crippen LogP contribution in [0.1, 0.15) is 21.6 Å². The number of amides is 1. The van der Waals surface area contributed by atoms with E-state index >= 15 is 0 Å². The second-order valence-corrected chi connectivity index (χ2v) is 8.17. The van der Waals surface area contributed by atoms with E-state index in [1.165, 1.54) is 43.4 Å². The maximum absolute atomic E-state index is 13.9. The Balaban J connectivity index is 1.74. The van der Waals surface area contributed by atoms with Crippen molar-refractivity contribution < 1.29 is 27.8 Å². The number of aromatic nitrogens is 2. The molecule has 0 radical (unpaired) electrons. The van der Waals surface area contributed by atoms with Crippen LogP contribution >= 0.6 is 11.6 Å². The Morgan fingerprint density at radius 3 is 2.31 bits per heavy atom. The summed E-state index contributed by atoms with van der Waals surface area (Å²) in [4.78, 5) is 11.4. The number of hydrogen-bond donors (Lipinski definition) is 2. The number of benzene rings is 3. The molecule has 10 heteroatoms. The smallest absolute Gasteiger partial charge is 0.435 e. The van der Waals surface area contributed by atoms with Crippen molar-refractivity contribution in [2.75, 3.05) is 0 Å². The molecule has 3 aromatic carbocycles. The number of aryl methyl sites for hydroxylation is 1. The van der Waals surface area contributed by atoms with Crippen molar-refractivity contribution in [3.05, 3.63) is 88.6 Å². The van der Waals surface area contributed by atoms with Crippen LogP contribution in [0.25, 0.3) is 22.4 Å². The summed E-state index contributed by atoms with van der Waals surface area (Å²) in [5.74, 6) is -0.664. The Bertz CT molecular complexity index is 1380. The average Bonchev–Trinajstić information content (AvgIpc) is 3.16. The third-order valence-corrected chi connectivity index (χ3v) is 5.57. The van der Waals surface area contributed by atoms with Gasteiger partial charge in [-0.05, 0) is 47.5 Å². The highest BCUT2D eigenvalue weighted by Crippen LogP contribution is 2.44. The van der Waals surface area contributed by atoms with Gasteiger partial charge >= 0.3 is 6.18 Å². The zero-order chi connectivity index (χ0) is 25.3. The van der Waals surface area contributed by atoms with E-state index in [-0.39, 0.29) is 40.3 Å². The van der Waals surface area contributed by atoms with Crippen LogP contribution < -0.4 is 10.5 Å². The summed E-state index contributed by atoms with van der Waals surface area (Å²) in [5.41, 5.74) is 5.22. The van der Waals surface area contributed by atoms with Crippen LogP contribution in [0.15, 0.2) is 66.7 Å². The zero-order valence-corrected chi connectivity index (χ0v) is 19.1. The molecule has 1 aromatic heterocycles. The van der Waals surface area contributed by atoms with Gasteiger partial charge in [0.15, 0.2) is 5.69 Å². The fourth-order valence-electron chi connectivity index (χ4n) is 3.65. The van der Waals surface area contributed by atoms with Crippen LogP contribution in [0.3, 0.4) is 0 Å². The summed E-state index contributed by atoms with van der Waals surface area (Å²) in [6, 6.07) is 16.7. The number of hydrogen-bond acceptors (Lipinski definition) is 4. The molecule has 6 nitrogen and oxygen atoms in total. The van der Waals surface area contributed by atoms with Crippen LogP contribution in [0.4, 0.5) is 13.2 Å². The van der Waals surface area contributed by atoms with Gasteiger partial charge in [-0.15, -0.1) is 0 Å². The van der Waals surface area contributed by atoms with Crippen molar-refractivity contribution in [2.24, 2.45) is 12.8 Å². The van der Waals surface area contributed by atoms with Gasteiger partial charge in [0.25, 0.3) is 0 Å². The van der Waals surface area contributed by atoms with Gasteiger partial charge in [0, 0.05) is 34.8 Å². The second kappa shape index (κ2) is 9.34. The number of phenolic OH excluding ortho intramolecular Hbond substituents is 1. The second-order valence-electron chi connectivity index (χ2n) is 7.73. The van der Waals surface area contributed by atoms with Gasteiger partial charge in [0.05, 0.1) is 5.69 Å². The molecule has 0 bridgehead atoms. The van der Waals surface area contributed by atoms with Gasteiger partial charge in [-0.1, -0.05) is 35.9 Å². The molecule has 0 fully saturated rings. The number of ether oxygens (including phenoxy) is 1. The van der Waals surface area contributed by atoms with E-state index < -0.39 is 17.8 Å². The summed E-state index contributed by atoms with van der Waals surface area (Å²) >= 11 is 5.87. The highest BCUT2D eigenvalue weighted by atomic mass is 35.5. The Morgan fingerprint density at radius 2 is 1.74 bits per heavy atom. The summed E-state index contributed by atoms with van der Waals surface area (Å²) in [6.45, 7) is 0.206. The Hall–Kier alpha value is -3.98. The van der Waals surface area contributed by atoms with Gasteiger partial charge in [-0.3, -0.25) is 9.48 Å². The van der Waals surface area contributed by atoms with Crippen molar-refractivity contribution in [3.8, 4) is 33.9 Å². The number of alkyl halides is 3. The average molecular weight is 502 g/mol. The summed E-state index contributed by atoms with van der Waals surface area (Å²) in [5, 5.41) is 15.0. The van der Waals surface area contributed by atoms with E-state index in [0.717, 1.165) is 10.2 Å². The molecule has 0 aliphatic carbocycles. The van der Waals surface area contributed by atoms with E-state index in [9.17, 15) is 23.1 Å². The topological polar surface area (TPSA) is 90.4 Å². The van der Waals surface area contributed by atoms with E-state index in [4.69, 9.17) is 22.1 Å². The predicted octanol–water partition coefficient (Wildman–Crippen LogP) is 5.81. The van der Waals surface area contributed by atoms with Gasteiger partial charge in [-0.2, -0.15) is 18.3 Å². The zero-order valence-electron chi connectivity index (χ0n) is 18.3. The normalized spacial score (nSPS) is 11.5. The summed E-state index contributed by atoms with van der Waals surface area (Å²) < 4.78 is 48.3. The molecule has 0 saturated heterocycles. The van der Waals surface area contributed by atoms with Crippen molar-refractivity contribution in [1.29, 1.82) is 0 Å². The van der Waals surface area contributed by atoms with E-state index in [2.05, 4.69) is 5.10 Å². The number of rotatable bonds is 6. The lowest BCUT2D eigenvalue weighted by molar-refractivity contribution is -0.140. The molecule has 0 unspecified atom stereocenters. The maximum atomic E-state index is 13.9. The molecule has 4 aromatic rings. The predicted molar refractivity (Wildman–Crippen MR) is 125 cm³/mol. The minimum atomic E-state index is -4.76. The lowest BCUT2D eigenvalue weighted by Gasteiger charge is -2.13. The number of nitrogens with zero attached hydrogens (tertiary/aromatic N) is 2. The van der Waals surface area contributed by atoms with E-state index in [1.54, 1.807) is 30.3 Å². The Morgan fingerprint density at radius 1 is 1.09 bits per heavy atom. The molecule has 0 aliphatic rings. The first-order chi connectivity index (χ1) is 16.5. The first kappa shape index (κ1) is 24.2. The number of primary amides is 1. The van der Waals surface area contributed by atoms with Gasteiger partial charge < -0.3 is 15.6 Å². The molecular formula is C25H19ClF3N3O3. The molecule has 1 heterocycles. The van der Waals surface area contributed by atoms with Gasteiger partial charge in [0.1, 0.15) is 18.1 Å². The minimum absolute atomic E-state index is 0.0471. The molecule has 3 N–H and O–H groups in total. The molecule has 0 saturated carbocycles. The van der Waals surface area contributed by atoms with Crippen LogP contribution in [-0.2, 0) is 19.8 Å². The minimum Gasteiger partial charge on any atom is -0.507 e. The van der Waals surface area contributed by atoms with Gasteiger partial charge in [-0.25, -0.2) is 0 Å². The number of carbonyl (C=O) groups excluding carboxylic acids is 1. The summed E-state index contributed by atoms with van der Waals surface area (Å²) in [7, 11) is 1.36. The third-order valence-electron chi connectivity index (χ3n) is 5.32. The Kier molecular flexibility index (Phi) is 6.45. The fourth-order valence-corrected chi connectivity index (χ4v) is 3.78. The van der Waals surface area contributed by atoms with E-state index in [1.807, 2.05) is 0 Å². The van der Waals surface area contributed by atoms with E-state index in [0.29, 0.717) is 10.8 Å². The number of nitrogens with two attached hydrogens (primary N) is 1. The third kappa shape index (κ3) is 5.09. The molecule has 0 spiro atoms. The SMILES string of the molecule is Cn1nc(C(F)(F)F)c(-c2ccc(C(N)=O)cc2)c1-c1ccc(OCc2ccc(Cl)cc2)cc1O. The van der Waals surface area contributed by atoms with Gasteiger partial charge in [0.2, 0.25) is 5.91 Å². The monoisotopic (exact) mass is 501 g/mol. The molecule has 0 atom stereocenters. The lowest BCUT2D eigenvalue weighted by atomic mass is 9.97. The van der Waals surface area contributed by atoms with Crippen molar-refractivity contribution in [3.63, 3.8) is 0 Å². The van der Waals surface area contributed by atoms with Crippen LogP contribution in [0.2, 0.25) is 5.02 Å². The summed E-state index contributed by atoms with van der Waals surface area (Å²) in [6.07, 6.45) is -4.76. The number of halogens is 4. The quantitative estimate of drug-likeness (QED) is 0.349. The largest absolute Gasteiger partial charge is 0.507 e. The first-order valence-corrected chi connectivity index (χ1v) is 10.7. The number of aromatic hydroxyl groups is 1. The Labute approximate surface area is 203 Å². The highest BCUT2D eigenvalue weighted by molar-refractivity contribution is 6.30. The van der Waals surface area contributed by atoms with Crippen molar-refractivity contribution >= 4 is 17.5 Å². The molecule has 1 amide bonds. The van der Waals surface area contributed by atoms with Crippen molar-refractivity contribution in [2.45, 2.75) is 12.8 Å². The van der Waals surface area contributed by atoms with Crippen LogP contribution in [-0.4, -0.2) is 20.8 Å². The maximum Gasteiger partial charge on any atom is 0.435 e. The number of carbonyl (C=O) groups is 1. The lowest BCUT2D eigenvalue weighted by Crippen LogP contribution is -2.10. The fraction of sp³-hybridized carbons (Fsp3) is 0.120.